The SMILES string of the molecule is CCN(CC)C(=O)C(C)Oc1cccc(N)c1C. The summed E-state index contributed by atoms with van der Waals surface area (Å²) in [5.74, 6) is 0.671. The molecule has 18 heavy (non-hydrogen) atoms. The van der Waals surface area contributed by atoms with Crippen LogP contribution in [0.3, 0.4) is 0 Å². The van der Waals surface area contributed by atoms with Crippen molar-refractivity contribution < 1.29 is 9.53 Å². The summed E-state index contributed by atoms with van der Waals surface area (Å²) < 4.78 is 5.70. The Bertz CT molecular complexity index is 414. The molecular formula is C14H22N2O2. The van der Waals surface area contributed by atoms with Gasteiger partial charge in [-0.05, 0) is 39.8 Å². The Labute approximate surface area is 109 Å². The Morgan fingerprint density at radius 3 is 2.56 bits per heavy atom. The predicted molar refractivity (Wildman–Crippen MR) is 73.6 cm³/mol. The van der Waals surface area contributed by atoms with Gasteiger partial charge in [-0.25, -0.2) is 0 Å². The van der Waals surface area contributed by atoms with E-state index in [0.29, 0.717) is 24.5 Å². The van der Waals surface area contributed by atoms with Crippen molar-refractivity contribution in [2.24, 2.45) is 0 Å². The highest BCUT2D eigenvalue weighted by atomic mass is 16.5. The first-order valence-corrected chi connectivity index (χ1v) is 6.31. The standard InChI is InChI=1S/C14H22N2O2/c1-5-16(6-2)14(17)11(4)18-13-9-7-8-12(15)10(13)3/h7-9,11H,5-6,15H2,1-4H3. The van der Waals surface area contributed by atoms with Crippen LogP contribution in [0, 0.1) is 6.92 Å². The average molecular weight is 250 g/mol. The molecule has 0 spiro atoms. The molecule has 4 heteroatoms. The van der Waals surface area contributed by atoms with Gasteiger partial charge in [0.1, 0.15) is 5.75 Å². The average Bonchev–Trinajstić information content (AvgIpc) is 2.36. The first-order valence-electron chi connectivity index (χ1n) is 6.31. The number of hydrogen-bond acceptors (Lipinski definition) is 3. The van der Waals surface area contributed by atoms with Crippen LogP contribution in [0.25, 0.3) is 0 Å². The number of hydrogen-bond donors (Lipinski definition) is 1. The maximum atomic E-state index is 12.1. The molecule has 0 aliphatic carbocycles. The first-order chi connectivity index (χ1) is 8.51. The summed E-state index contributed by atoms with van der Waals surface area (Å²) in [5, 5.41) is 0. The highest BCUT2D eigenvalue weighted by molar-refractivity contribution is 5.81. The molecule has 2 N–H and O–H groups in total. The van der Waals surface area contributed by atoms with Crippen molar-refractivity contribution in [2.75, 3.05) is 18.8 Å². The van der Waals surface area contributed by atoms with E-state index < -0.39 is 6.10 Å². The zero-order valence-corrected chi connectivity index (χ0v) is 11.6. The van der Waals surface area contributed by atoms with Gasteiger partial charge in [-0.1, -0.05) is 6.07 Å². The van der Waals surface area contributed by atoms with Crippen molar-refractivity contribution >= 4 is 11.6 Å². The Morgan fingerprint density at radius 1 is 1.39 bits per heavy atom. The molecule has 0 aliphatic rings. The molecule has 4 nitrogen and oxygen atoms in total. The Balaban J connectivity index is 2.78. The third kappa shape index (κ3) is 3.15. The summed E-state index contributed by atoms with van der Waals surface area (Å²) in [6, 6.07) is 5.48. The molecule has 1 amide bonds. The van der Waals surface area contributed by atoms with Crippen LogP contribution in [0.15, 0.2) is 18.2 Å². The fourth-order valence-corrected chi connectivity index (χ4v) is 1.79. The second-order valence-corrected chi connectivity index (χ2v) is 4.24. The number of benzene rings is 1. The van der Waals surface area contributed by atoms with E-state index in [0.717, 1.165) is 5.56 Å². The summed E-state index contributed by atoms with van der Waals surface area (Å²) >= 11 is 0. The van der Waals surface area contributed by atoms with Gasteiger partial charge in [0.15, 0.2) is 6.10 Å². The minimum absolute atomic E-state index is 0.00169. The van der Waals surface area contributed by atoms with E-state index in [9.17, 15) is 4.79 Å². The second kappa shape index (κ2) is 6.28. The van der Waals surface area contributed by atoms with E-state index >= 15 is 0 Å². The number of ether oxygens (including phenoxy) is 1. The highest BCUT2D eigenvalue weighted by Gasteiger charge is 2.20. The number of nitrogen functional groups attached to an aromatic ring is 1. The molecule has 0 bridgehead atoms. The number of anilines is 1. The number of amides is 1. The number of carbonyl (C=O) groups excluding carboxylic acids is 1. The molecule has 100 valence electrons. The van der Waals surface area contributed by atoms with Crippen molar-refractivity contribution in [3.8, 4) is 5.75 Å². The molecule has 0 aliphatic heterocycles. The van der Waals surface area contributed by atoms with Crippen LogP contribution in [-0.4, -0.2) is 30.0 Å². The zero-order valence-electron chi connectivity index (χ0n) is 11.6. The number of likely N-dealkylation sites (N-methyl/N-ethyl adjacent to an activating group) is 1. The quantitative estimate of drug-likeness (QED) is 0.815. The van der Waals surface area contributed by atoms with E-state index in [1.54, 1.807) is 11.8 Å². The Morgan fingerprint density at radius 2 is 2.00 bits per heavy atom. The van der Waals surface area contributed by atoms with Gasteiger partial charge in [0.25, 0.3) is 5.91 Å². The molecule has 1 aromatic rings. The van der Waals surface area contributed by atoms with E-state index in [2.05, 4.69) is 0 Å². The molecule has 1 unspecified atom stereocenters. The van der Waals surface area contributed by atoms with Crippen LogP contribution in [0.1, 0.15) is 26.3 Å². The molecule has 0 aromatic heterocycles. The van der Waals surface area contributed by atoms with Gasteiger partial charge in [-0.15, -0.1) is 0 Å². The minimum Gasteiger partial charge on any atom is -0.481 e. The van der Waals surface area contributed by atoms with Crippen molar-refractivity contribution in [2.45, 2.75) is 33.8 Å². The zero-order chi connectivity index (χ0) is 13.7. The normalized spacial score (nSPS) is 12.0. The van der Waals surface area contributed by atoms with Gasteiger partial charge in [0, 0.05) is 24.3 Å². The summed E-state index contributed by atoms with van der Waals surface area (Å²) in [5.41, 5.74) is 7.36. The van der Waals surface area contributed by atoms with E-state index in [1.807, 2.05) is 39.0 Å². The van der Waals surface area contributed by atoms with Crippen LogP contribution < -0.4 is 10.5 Å². The first kappa shape index (κ1) is 14.4. The Hall–Kier alpha value is -1.71. The van der Waals surface area contributed by atoms with Crippen LogP contribution in [0.2, 0.25) is 0 Å². The van der Waals surface area contributed by atoms with Gasteiger partial charge < -0.3 is 15.4 Å². The molecule has 1 rings (SSSR count). The molecule has 1 aromatic carbocycles. The van der Waals surface area contributed by atoms with Crippen molar-refractivity contribution in [1.82, 2.24) is 4.90 Å². The lowest BCUT2D eigenvalue weighted by Crippen LogP contribution is -2.40. The van der Waals surface area contributed by atoms with E-state index in [-0.39, 0.29) is 5.91 Å². The second-order valence-electron chi connectivity index (χ2n) is 4.24. The lowest BCUT2D eigenvalue weighted by Gasteiger charge is -2.24. The van der Waals surface area contributed by atoms with Crippen LogP contribution >= 0.6 is 0 Å². The fourth-order valence-electron chi connectivity index (χ4n) is 1.79. The van der Waals surface area contributed by atoms with Gasteiger partial charge in [0.2, 0.25) is 0 Å². The van der Waals surface area contributed by atoms with Gasteiger partial charge in [-0.3, -0.25) is 4.79 Å². The third-order valence-electron chi connectivity index (χ3n) is 3.05. The lowest BCUT2D eigenvalue weighted by molar-refractivity contribution is -0.137. The molecule has 0 radical (unpaired) electrons. The molecule has 1 atom stereocenters. The van der Waals surface area contributed by atoms with E-state index in [1.165, 1.54) is 0 Å². The molecule has 0 fully saturated rings. The summed E-state index contributed by atoms with van der Waals surface area (Å²) in [7, 11) is 0. The smallest absolute Gasteiger partial charge is 0.263 e. The van der Waals surface area contributed by atoms with E-state index in [4.69, 9.17) is 10.5 Å². The monoisotopic (exact) mass is 250 g/mol. The highest BCUT2D eigenvalue weighted by Crippen LogP contribution is 2.24. The minimum atomic E-state index is -0.495. The Kier molecular flexibility index (Phi) is 5.01. The van der Waals surface area contributed by atoms with Gasteiger partial charge in [0.05, 0.1) is 0 Å². The summed E-state index contributed by atoms with van der Waals surface area (Å²) in [6.07, 6.45) is -0.495. The number of rotatable bonds is 5. The molecular weight excluding hydrogens is 228 g/mol. The number of carbonyl (C=O) groups is 1. The number of nitrogens with zero attached hydrogens (tertiary/aromatic N) is 1. The third-order valence-corrected chi connectivity index (χ3v) is 3.05. The van der Waals surface area contributed by atoms with Crippen LogP contribution in [0.5, 0.6) is 5.75 Å². The van der Waals surface area contributed by atoms with Crippen molar-refractivity contribution in [3.05, 3.63) is 23.8 Å². The van der Waals surface area contributed by atoms with Gasteiger partial charge in [-0.2, -0.15) is 0 Å². The predicted octanol–water partition coefficient (Wildman–Crippen LogP) is 2.21. The van der Waals surface area contributed by atoms with Crippen LogP contribution in [0.4, 0.5) is 5.69 Å². The number of nitrogens with two attached hydrogens (primary N) is 1. The lowest BCUT2D eigenvalue weighted by atomic mass is 10.2. The largest absolute Gasteiger partial charge is 0.481 e. The maximum absolute atomic E-state index is 12.1. The van der Waals surface area contributed by atoms with Crippen molar-refractivity contribution in [3.63, 3.8) is 0 Å². The van der Waals surface area contributed by atoms with Gasteiger partial charge >= 0.3 is 0 Å². The molecule has 0 saturated carbocycles. The molecule has 0 heterocycles. The summed E-state index contributed by atoms with van der Waals surface area (Å²) in [4.78, 5) is 13.8. The van der Waals surface area contributed by atoms with Crippen LogP contribution in [-0.2, 0) is 4.79 Å². The molecule has 0 saturated heterocycles. The summed E-state index contributed by atoms with van der Waals surface area (Å²) in [6.45, 7) is 8.96. The van der Waals surface area contributed by atoms with Crippen molar-refractivity contribution in [1.29, 1.82) is 0 Å². The maximum Gasteiger partial charge on any atom is 0.263 e. The fraction of sp³-hybridized carbons (Fsp3) is 0.500. The topological polar surface area (TPSA) is 55.6 Å².